The number of benzene rings is 3. The third-order valence-corrected chi connectivity index (χ3v) is 8.84. The quantitative estimate of drug-likeness (QED) is 0.279. The Morgan fingerprint density at radius 2 is 1.68 bits per heavy atom. The lowest BCUT2D eigenvalue weighted by atomic mass is 9.90. The van der Waals surface area contributed by atoms with E-state index in [1.807, 2.05) is 31.2 Å². The first kappa shape index (κ1) is 30.0. The molecule has 0 saturated carbocycles. The van der Waals surface area contributed by atoms with Gasteiger partial charge < -0.3 is 29.9 Å². The van der Waals surface area contributed by atoms with E-state index in [0.717, 1.165) is 16.9 Å². The molecule has 214 valence electrons. The molecule has 40 heavy (non-hydrogen) atoms. The van der Waals surface area contributed by atoms with E-state index in [-0.39, 0.29) is 11.3 Å². The number of aliphatic hydroxyl groups is 3. The molecular weight excluding hydrogens is 560 g/mol. The van der Waals surface area contributed by atoms with Crippen LogP contribution in [-0.4, -0.2) is 71.6 Å². The maximum atomic E-state index is 13.2. The molecular formula is C29H31ClO9S. The number of sulfone groups is 1. The zero-order valence-electron chi connectivity index (χ0n) is 21.7. The number of aliphatic hydroxyl groups excluding tert-OH is 3. The number of carboxylic acid groups (broad SMARTS) is 1. The minimum absolute atomic E-state index is 0.136. The molecule has 1 aliphatic heterocycles. The van der Waals surface area contributed by atoms with Crippen molar-refractivity contribution < 1.29 is 43.1 Å². The highest BCUT2D eigenvalue weighted by molar-refractivity contribution is 7.91. The SMILES string of the molecule is CCOc1ccc(Cc2cc([C@@H]3O[C@H](CS(=O)(=O)c4cccc(CC(=O)O)c4)[C@@H](O)[C@H](O)[C@H]3O)ccc2Cl)cc1. The Kier molecular flexibility index (Phi) is 9.50. The standard InChI is InChI=1S/C29H31ClO9S/c1-2-38-21-9-6-17(7-10-21)12-20-15-19(8-11-23(20)30)29-28(35)27(34)26(33)24(39-29)16-40(36,37)22-5-3-4-18(13-22)14-25(31)32/h3-11,13,15,24,26-29,33-35H,2,12,14,16H2,1H3,(H,31,32)/t24-,26-,27+,28-,29+/m1/s1. The number of carbonyl (C=O) groups is 1. The molecule has 11 heteroatoms. The van der Waals surface area contributed by atoms with Crippen molar-refractivity contribution in [2.24, 2.45) is 0 Å². The van der Waals surface area contributed by atoms with Gasteiger partial charge in [-0.3, -0.25) is 4.79 Å². The molecule has 0 bridgehead atoms. The Morgan fingerprint density at radius 1 is 0.950 bits per heavy atom. The second-order valence-corrected chi connectivity index (χ2v) is 12.1. The fourth-order valence-corrected chi connectivity index (χ4v) is 6.40. The molecule has 1 heterocycles. The van der Waals surface area contributed by atoms with Gasteiger partial charge in [0.25, 0.3) is 0 Å². The summed E-state index contributed by atoms with van der Waals surface area (Å²) < 4.78 is 37.7. The highest BCUT2D eigenvalue weighted by Crippen LogP contribution is 2.35. The summed E-state index contributed by atoms with van der Waals surface area (Å²) in [5.74, 6) is -1.06. The number of halogens is 1. The summed E-state index contributed by atoms with van der Waals surface area (Å²) in [7, 11) is -4.06. The zero-order valence-corrected chi connectivity index (χ0v) is 23.3. The van der Waals surface area contributed by atoms with Crippen molar-refractivity contribution in [3.8, 4) is 5.75 Å². The first-order valence-corrected chi connectivity index (χ1v) is 14.7. The molecule has 1 aliphatic rings. The molecule has 3 aromatic rings. The van der Waals surface area contributed by atoms with Gasteiger partial charge in [-0.15, -0.1) is 0 Å². The van der Waals surface area contributed by atoms with Gasteiger partial charge in [0.1, 0.15) is 36.3 Å². The molecule has 0 aliphatic carbocycles. The summed E-state index contributed by atoms with van der Waals surface area (Å²) in [6, 6.07) is 18.0. The van der Waals surface area contributed by atoms with Crippen LogP contribution in [0.15, 0.2) is 71.6 Å². The van der Waals surface area contributed by atoms with Crippen LogP contribution in [0.25, 0.3) is 0 Å². The summed E-state index contributed by atoms with van der Waals surface area (Å²) in [6.45, 7) is 2.45. The van der Waals surface area contributed by atoms with E-state index in [2.05, 4.69) is 0 Å². The Bertz CT molecular complexity index is 1440. The Balaban J connectivity index is 1.56. The lowest BCUT2D eigenvalue weighted by molar-refractivity contribution is -0.218. The summed E-state index contributed by atoms with van der Waals surface area (Å²) in [4.78, 5) is 10.9. The smallest absolute Gasteiger partial charge is 0.307 e. The van der Waals surface area contributed by atoms with Crippen LogP contribution in [0.3, 0.4) is 0 Å². The monoisotopic (exact) mass is 590 g/mol. The highest BCUT2D eigenvalue weighted by Gasteiger charge is 2.46. The topological polar surface area (TPSA) is 151 Å². The average Bonchev–Trinajstić information content (AvgIpc) is 2.91. The second-order valence-electron chi connectivity index (χ2n) is 9.67. The summed E-state index contributed by atoms with van der Waals surface area (Å²) in [5.41, 5.74) is 2.43. The Hall–Kier alpha value is -2.99. The normalized spacial score (nSPS) is 23.1. The molecule has 4 N–H and O–H groups in total. The first-order chi connectivity index (χ1) is 19.0. The van der Waals surface area contributed by atoms with Gasteiger partial charge in [-0.25, -0.2) is 8.42 Å². The van der Waals surface area contributed by atoms with E-state index >= 15 is 0 Å². The fraction of sp³-hybridized carbons (Fsp3) is 0.345. The van der Waals surface area contributed by atoms with Gasteiger partial charge in [-0.1, -0.05) is 48.0 Å². The van der Waals surface area contributed by atoms with Crippen molar-refractivity contribution in [3.05, 3.63) is 94.0 Å². The van der Waals surface area contributed by atoms with Crippen LogP contribution in [-0.2, 0) is 32.2 Å². The van der Waals surface area contributed by atoms with E-state index in [1.54, 1.807) is 18.2 Å². The van der Waals surface area contributed by atoms with Crippen LogP contribution in [0.1, 0.15) is 35.3 Å². The van der Waals surface area contributed by atoms with Gasteiger partial charge in [0.05, 0.1) is 23.7 Å². The summed E-state index contributed by atoms with van der Waals surface area (Å²) in [5, 5.41) is 41.5. The average molecular weight is 591 g/mol. The predicted molar refractivity (Wildman–Crippen MR) is 147 cm³/mol. The van der Waals surface area contributed by atoms with Gasteiger partial charge in [-0.2, -0.15) is 0 Å². The van der Waals surface area contributed by atoms with E-state index in [4.69, 9.17) is 26.2 Å². The van der Waals surface area contributed by atoms with Crippen molar-refractivity contribution >= 4 is 27.4 Å². The molecule has 5 atom stereocenters. The van der Waals surface area contributed by atoms with Crippen LogP contribution in [0.4, 0.5) is 0 Å². The number of hydrogen-bond acceptors (Lipinski definition) is 8. The van der Waals surface area contributed by atoms with Crippen molar-refractivity contribution in [1.29, 1.82) is 0 Å². The van der Waals surface area contributed by atoms with Gasteiger partial charge >= 0.3 is 5.97 Å². The number of rotatable bonds is 10. The van der Waals surface area contributed by atoms with Gasteiger partial charge in [0.2, 0.25) is 0 Å². The predicted octanol–water partition coefficient (Wildman–Crippen LogP) is 2.95. The van der Waals surface area contributed by atoms with E-state index in [9.17, 15) is 28.5 Å². The van der Waals surface area contributed by atoms with Crippen molar-refractivity contribution in [2.75, 3.05) is 12.4 Å². The Labute approximate surface area is 237 Å². The van der Waals surface area contributed by atoms with Crippen LogP contribution in [0.5, 0.6) is 5.75 Å². The van der Waals surface area contributed by atoms with Crippen LogP contribution in [0.2, 0.25) is 5.02 Å². The molecule has 0 spiro atoms. The number of aliphatic carboxylic acids is 1. The van der Waals surface area contributed by atoms with Gasteiger partial charge in [0.15, 0.2) is 9.84 Å². The highest BCUT2D eigenvalue weighted by atomic mass is 35.5. The maximum Gasteiger partial charge on any atom is 0.307 e. The molecule has 0 aromatic heterocycles. The third kappa shape index (κ3) is 7.01. The number of carboxylic acids is 1. The largest absolute Gasteiger partial charge is 0.494 e. The van der Waals surface area contributed by atoms with Crippen molar-refractivity contribution in [1.82, 2.24) is 0 Å². The molecule has 9 nitrogen and oxygen atoms in total. The Morgan fingerprint density at radius 3 is 2.35 bits per heavy atom. The molecule has 1 saturated heterocycles. The molecule has 1 fully saturated rings. The summed E-state index contributed by atoms with van der Waals surface area (Å²) in [6.07, 6.45) is -7.31. The van der Waals surface area contributed by atoms with Gasteiger partial charge in [0, 0.05) is 5.02 Å². The number of ether oxygens (including phenoxy) is 2. The minimum atomic E-state index is -4.06. The van der Waals surface area contributed by atoms with E-state index in [1.165, 1.54) is 24.3 Å². The molecule has 0 amide bonds. The lowest BCUT2D eigenvalue weighted by Gasteiger charge is -2.41. The summed E-state index contributed by atoms with van der Waals surface area (Å²) >= 11 is 6.45. The molecule has 0 unspecified atom stereocenters. The maximum absolute atomic E-state index is 13.2. The van der Waals surface area contributed by atoms with Crippen LogP contribution >= 0.6 is 11.6 Å². The van der Waals surface area contributed by atoms with Gasteiger partial charge in [-0.05, 0) is 65.9 Å². The first-order valence-electron chi connectivity index (χ1n) is 12.7. The van der Waals surface area contributed by atoms with Crippen molar-refractivity contribution in [2.45, 2.75) is 55.2 Å². The molecule has 4 rings (SSSR count). The number of hydrogen-bond donors (Lipinski definition) is 4. The second kappa shape index (κ2) is 12.7. The molecule has 3 aromatic carbocycles. The van der Waals surface area contributed by atoms with E-state index < -0.39 is 52.1 Å². The minimum Gasteiger partial charge on any atom is -0.494 e. The van der Waals surface area contributed by atoms with Crippen LogP contribution in [0, 0.1) is 0 Å². The molecule has 0 radical (unpaired) electrons. The van der Waals surface area contributed by atoms with E-state index in [0.29, 0.717) is 29.2 Å². The van der Waals surface area contributed by atoms with Crippen LogP contribution < -0.4 is 4.74 Å². The lowest BCUT2D eigenvalue weighted by Crippen LogP contribution is -2.56. The zero-order chi connectivity index (χ0) is 29.0. The third-order valence-electron chi connectivity index (χ3n) is 6.74. The van der Waals surface area contributed by atoms with Crippen molar-refractivity contribution in [3.63, 3.8) is 0 Å². The fourth-order valence-electron chi connectivity index (χ4n) is 4.70.